The van der Waals surface area contributed by atoms with Crippen LogP contribution >= 0.6 is 0 Å². The first-order chi connectivity index (χ1) is 9.82. The van der Waals surface area contributed by atoms with Crippen molar-refractivity contribution >= 4 is 23.5 Å². The minimum atomic E-state index is -0.380. The smallest absolute Gasteiger partial charge is 0.399 e. The molecule has 1 aliphatic heterocycles. The number of fused-ring (bicyclic) bond motifs is 1. The number of rotatable bonds is 1. The van der Waals surface area contributed by atoms with Crippen molar-refractivity contribution in [1.29, 1.82) is 5.26 Å². The normalized spacial score (nSPS) is 19.7. The van der Waals surface area contributed by atoms with Crippen molar-refractivity contribution in [1.82, 2.24) is 4.98 Å². The summed E-state index contributed by atoms with van der Waals surface area (Å²) in [7, 11) is -0.380. The van der Waals surface area contributed by atoms with Crippen LogP contribution < -0.4 is 5.46 Å². The molecule has 1 fully saturated rings. The maximum atomic E-state index is 8.89. The molecular formula is C16H17BN2O2. The van der Waals surface area contributed by atoms with Gasteiger partial charge < -0.3 is 9.31 Å². The van der Waals surface area contributed by atoms with Crippen LogP contribution in [0.5, 0.6) is 0 Å². The SMILES string of the molecule is CC1(C)OB(c2ccc3nc(C#N)ccc3c2)OC1(C)C. The summed E-state index contributed by atoms with van der Waals surface area (Å²) in [6.45, 7) is 8.15. The Morgan fingerprint density at radius 2 is 1.71 bits per heavy atom. The molecule has 3 rings (SSSR count). The molecule has 4 nitrogen and oxygen atoms in total. The minimum absolute atomic E-state index is 0.352. The van der Waals surface area contributed by atoms with Crippen LogP contribution in [0.2, 0.25) is 0 Å². The van der Waals surface area contributed by atoms with Crippen molar-refractivity contribution in [2.24, 2.45) is 0 Å². The highest BCUT2D eigenvalue weighted by molar-refractivity contribution is 6.62. The Balaban J connectivity index is 1.98. The molecule has 0 N–H and O–H groups in total. The molecule has 0 radical (unpaired) electrons. The first kappa shape index (κ1) is 14.1. The van der Waals surface area contributed by atoms with Crippen molar-refractivity contribution < 1.29 is 9.31 Å². The summed E-state index contributed by atoms with van der Waals surface area (Å²) in [6, 6.07) is 11.5. The highest BCUT2D eigenvalue weighted by atomic mass is 16.7. The predicted octanol–water partition coefficient (Wildman–Crippen LogP) is 2.41. The summed E-state index contributed by atoms with van der Waals surface area (Å²) >= 11 is 0. The van der Waals surface area contributed by atoms with Crippen LogP contribution in [0.25, 0.3) is 10.9 Å². The molecule has 0 unspecified atom stereocenters. The Bertz CT molecular complexity index is 734. The molecule has 106 valence electrons. The summed E-state index contributed by atoms with van der Waals surface area (Å²) in [4.78, 5) is 4.28. The van der Waals surface area contributed by atoms with Gasteiger partial charge in [-0.25, -0.2) is 4.98 Å². The van der Waals surface area contributed by atoms with E-state index in [1.807, 2.05) is 58.0 Å². The first-order valence-corrected chi connectivity index (χ1v) is 6.99. The highest BCUT2D eigenvalue weighted by Gasteiger charge is 2.51. The number of hydrogen-bond acceptors (Lipinski definition) is 4. The second-order valence-electron chi connectivity index (χ2n) is 6.35. The van der Waals surface area contributed by atoms with Gasteiger partial charge in [-0.1, -0.05) is 12.1 Å². The Morgan fingerprint density at radius 1 is 1.05 bits per heavy atom. The molecule has 0 bridgehead atoms. The third kappa shape index (κ3) is 2.31. The summed E-state index contributed by atoms with van der Waals surface area (Å²) < 4.78 is 12.1. The van der Waals surface area contributed by atoms with Crippen molar-refractivity contribution in [3.05, 3.63) is 36.0 Å². The molecular weight excluding hydrogens is 263 g/mol. The lowest BCUT2D eigenvalue weighted by molar-refractivity contribution is 0.00578. The molecule has 0 amide bonds. The van der Waals surface area contributed by atoms with E-state index < -0.39 is 0 Å². The number of aromatic nitrogens is 1. The average Bonchev–Trinajstić information content (AvgIpc) is 2.66. The molecule has 1 aromatic heterocycles. The zero-order valence-electron chi connectivity index (χ0n) is 12.7. The monoisotopic (exact) mass is 280 g/mol. The molecule has 0 aliphatic carbocycles. The molecule has 1 aromatic carbocycles. The Hall–Kier alpha value is -1.90. The maximum Gasteiger partial charge on any atom is 0.494 e. The van der Waals surface area contributed by atoms with Crippen LogP contribution in [0.1, 0.15) is 33.4 Å². The van der Waals surface area contributed by atoms with Gasteiger partial charge in [0.15, 0.2) is 0 Å². The fourth-order valence-corrected chi connectivity index (χ4v) is 2.33. The lowest BCUT2D eigenvalue weighted by Crippen LogP contribution is -2.41. The molecule has 0 spiro atoms. The van der Waals surface area contributed by atoms with Gasteiger partial charge in [-0.15, -0.1) is 0 Å². The van der Waals surface area contributed by atoms with E-state index in [1.165, 1.54) is 0 Å². The topological polar surface area (TPSA) is 55.1 Å². The standard InChI is InChI=1S/C16H17BN2O2/c1-15(2)16(3,4)21-17(20-15)12-6-8-14-11(9-12)5-7-13(10-18)19-14/h5-9H,1-4H3. The fourth-order valence-electron chi connectivity index (χ4n) is 2.33. The second-order valence-corrected chi connectivity index (χ2v) is 6.35. The summed E-state index contributed by atoms with van der Waals surface area (Å²) in [5.41, 5.74) is 1.48. The van der Waals surface area contributed by atoms with Crippen LogP contribution in [0, 0.1) is 11.3 Å². The highest BCUT2D eigenvalue weighted by Crippen LogP contribution is 2.36. The van der Waals surface area contributed by atoms with Crippen LogP contribution in [0.15, 0.2) is 30.3 Å². The van der Waals surface area contributed by atoms with E-state index in [1.54, 1.807) is 6.07 Å². The van der Waals surface area contributed by atoms with Crippen LogP contribution in [-0.2, 0) is 9.31 Å². The molecule has 2 aromatic rings. The molecule has 2 heterocycles. The van der Waals surface area contributed by atoms with E-state index in [2.05, 4.69) is 4.98 Å². The van der Waals surface area contributed by atoms with Crippen molar-refractivity contribution in [2.75, 3.05) is 0 Å². The Kier molecular flexibility index (Phi) is 3.05. The Morgan fingerprint density at radius 3 is 2.33 bits per heavy atom. The zero-order valence-corrected chi connectivity index (χ0v) is 12.7. The van der Waals surface area contributed by atoms with E-state index in [0.717, 1.165) is 16.4 Å². The molecule has 0 saturated carbocycles. The van der Waals surface area contributed by atoms with E-state index in [9.17, 15) is 0 Å². The van der Waals surface area contributed by atoms with Crippen molar-refractivity contribution in [3.8, 4) is 6.07 Å². The van der Waals surface area contributed by atoms with Gasteiger partial charge in [0, 0.05) is 0 Å². The number of nitriles is 1. The fraction of sp³-hybridized carbons (Fsp3) is 0.375. The second kappa shape index (κ2) is 4.55. The van der Waals surface area contributed by atoms with Gasteiger partial charge >= 0.3 is 7.12 Å². The molecule has 1 saturated heterocycles. The number of benzene rings is 1. The van der Waals surface area contributed by atoms with Gasteiger partial charge in [0.1, 0.15) is 11.8 Å². The first-order valence-electron chi connectivity index (χ1n) is 6.99. The lowest BCUT2D eigenvalue weighted by atomic mass is 9.78. The largest absolute Gasteiger partial charge is 0.494 e. The van der Waals surface area contributed by atoms with Gasteiger partial charge in [0.05, 0.1) is 16.7 Å². The zero-order chi connectivity index (χ0) is 15.3. The van der Waals surface area contributed by atoms with Gasteiger partial charge in [0.2, 0.25) is 0 Å². The van der Waals surface area contributed by atoms with E-state index >= 15 is 0 Å². The minimum Gasteiger partial charge on any atom is -0.399 e. The summed E-state index contributed by atoms with van der Waals surface area (Å²) in [5, 5.41) is 9.86. The summed E-state index contributed by atoms with van der Waals surface area (Å²) in [5.74, 6) is 0. The molecule has 5 heteroatoms. The van der Waals surface area contributed by atoms with Crippen molar-refractivity contribution in [3.63, 3.8) is 0 Å². The lowest BCUT2D eigenvalue weighted by Gasteiger charge is -2.32. The van der Waals surface area contributed by atoms with Crippen LogP contribution in [-0.4, -0.2) is 23.3 Å². The molecule has 1 aliphatic rings. The number of pyridine rings is 1. The van der Waals surface area contributed by atoms with Crippen LogP contribution in [0.3, 0.4) is 0 Å². The average molecular weight is 280 g/mol. The van der Waals surface area contributed by atoms with Crippen molar-refractivity contribution in [2.45, 2.75) is 38.9 Å². The number of hydrogen-bond donors (Lipinski definition) is 0. The molecule has 21 heavy (non-hydrogen) atoms. The quantitative estimate of drug-likeness (QED) is 0.753. The predicted molar refractivity (Wildman–Crippen MR) is 82.2 cm³/mol. The number of nitrogens with zero attached hydrogens (tertiary/aromatic N) is 2. The van der Waals surface area contributed by atoms with E-state index in [-0.39, 0.29) is 18.3 Å². The molecule has 0 atom stereocenters. The van der Waals surface area contributed by atoms with Crippen LogP contribution in [0.4, 0.5) is 0 Å². The van der Waals surface area contributed by atoms with Gasteiger partial charge in [0.25, 0.3) is 0 Å². The third-order valence-corrected chi connectivity index (χ3v) is 4.35. The third-order valence-electron chi connectivity index (χ3n) is 4.35. The van der Waals surface area contributed by atoms with Gasteiger partial charge in [-0.3, -0.25) is 0 Å². The summed E-state index contributed by atoms with van der Waals surface area (Å²) in [6.07, 6.45) is 0. The maximum absolute atomic E-state index is 8.89. The van der Waals surface area contributed by atoms with Gasteiger partial charge in [-0.05, 0) is 56.7 Å². The van der Waals surface area contributed by atoms with Gasteiger partial charge in [-0.2, -0.15) is 5.26 Å². The Labute approximate surface area is 124 Å². The van der Waals surface area contributed by atoms with E-state index in [0.29, 0.717) is 5.69 Å². The van der Waals surface area contributed by atoms with E-state index in [4.69, 9.17) is 14.6 Å².